The van der Waals surface area contributed by atoms with Crippen LogP contribution in [0.25, 0.3) is 0 Å². The molecule has 3 aliphatic rings. The van der Waals surface area contributed by atoms with Crippen LogP contribution in [0.15, 0.2) is 34.4 Å². The first kappa shape index (κ1) is 15.2. The van der Waals surface area contributed by atoms with Gasteiger partial charge in [-0.2, -0.15) is 0 Å². The van der Waals surface area contributed by atoms with Crippen LogP contribution >= 0.6 is 0 Å². The summed E-state index contributed by atoms with van der Waals surface area (Å²) in [6.45, 7) is 4.87. The van der Waals surface area contributed by atoms with E-state index in [-0.39, 0.29) is 30.9 Å². The van der Waals surface area contributed by atoms with Crippen LogP contribution in [0.5, 0.6) is 0 Å². The molecule has 0 radical (unpaired) electrons. The van der Waals surface area contributed by atoms with Crippen molar-refractivity contribution >= 4 is 11.8 Å². The molecule has 0 heterocycles. The third-order valence-corrected chi connectivity index (χ3v) is 5.35. The van der Waals surface area contributed by atoms with Gasteiger partial charge in [0.1, 0.15) is 5.60 Å². The number of ketones is 1. The Morgan fingerprint density at radius 1 is 1.45 bits per heavy atom. The maximum absolute atomic E-state index is 12.7. The summed E-state index contributed by atoms with van der Waals surface area (Å²) < 4.78 is 5.07. The highest BCUT2D eigenvalue weighted by Gasteiger charge is 2.70. The largest absolute Gasteiger partial charge is 0.466 e. The summed E-state index contributed by atoms with van der Waals surface area (Å²) in [5.74, 6) is -0.743. The Morgan fingerprint density at radius 2 is 2.14 bits per heavy atom. The summed E-state index contributed by atoms with van der Waals surface area (Å²) in [5.41, 5.74) is 0.678. The molecule has 1 saturated carbocycles. The molecule has 0 amide bonds. The van der Waals surface area contributed by atoms with E-state index < -0.39 is 11.0 Å². The molecule has 0 aromatic rings. The second-order valence-corrected chi connectivity index (χ2v) is 6.55. The van der Waals surface area contributed by atoms with Gasteiger partial charge in [0.15, 0.2) is 5.78 Å². The summed E-state index contributed by atoms with van der Waals surface area (Å²) in [6, 6.07) is 0. The Morgan fingerprint density at radius 3 is 2.73 bits per heavy atom. The van der Waals surface area contributed by atoms with Crippen LogP contribution in [0.4, 0.5) is 0 Å². The van der Waals surface area contributed by atoms with Gasteiger partial charge in [0.2, 0.25) is 0 Å². The third-order valence-electron chi connectivity index (χ3n) is 5.35. The Balaban J connectivity index is 2.03. The molecule has 22 heavy (non-hydrogen) atoms. The van der Waals surface area contributed by atoms with Gasteiger partial charge in [-0.1, -0.05) is 5.57 Å². The van der Waals surface area contributed by atoms with Crippen LogP contribution < -0.4 is 0 Å². The van der Waals surface area contributed by atoms with Crippen LogP contribution in [0.2, 0.25) is 0 Å². The lowest BCUT2D eigenvalue weighted by molar-refractivity contribution is -0.143. The number of ether oxygens (including phenoxy) is 1. The predicted molar refractivity (Wildman–Crippen MR) is 78.8 cm³/mol. The molecule has 5 nitrogen and oxygen atoms in total. The Hall–Kier alpha value is -1.72. The van der Waals surface area contributed by atoms with Crippen LogP contribution in [0.1, 0.15) is 27.2 Å². The fourth-order valence-electron chi connectivity index (χ4n) is 4.03. The van der Waals surface area contributed by atoms with E-state index in [9.17, 15) is 19.8 Å². The van der Waals surface area contributed by atoms with E-state index in [1.807, 2.05) is 6.92 Å². The number of esters is 1. The molecule has 0 unspecified atom stereocenters. The molecule has 0 aliphatic heterocycles. The lowest BCUT2D eigenvalue weighted by Gasteiger charge is -2.39. The summed E-state index contributed by atoms with van der Waals surface area (Å²) in [4.78, 5) is 23.7. The number of hydrogen-bond acceptors (Lipinski definition) is 5. The molecule has 1 fully saturated rings. The standard InChI is InChI=1S/C17H20O5/c1-9-13-4-11(7-18)5-14(13)15(20)16(3,21)17(9)6-12(17)8-22-10(2)19/h4-5,12,18,21H,6-8H2,1-3H3/t12-,16-,17-/m0/s1. The molecule has 0 aromatic heterocycles. The molecule has 3 rings (SSSR count). The smallest absolute Gasteiger partial charge is 0.302 e. The normalized spacial score (nSPS) is 36.2. The molecule has 5 heteroatoms. The lowest BCUT2D eigenvalue weighted by Crippen LogP contribution is -2.50. The fraction of sp³-hybridized carbons (Fsp3) is 0.529. The number of carbonyl (C=O) groups excluding carboxylic acids is 2. The van der Waals surface area contributed by atoms with Gasteiger partial charge in [-0.25, -0.2) is 0 Å². The van der Waals surface area contributed by atoms with Crippen LogP contribution in [-0.2, 0) is 14.3 Å². The van der Waals surface area contributed by atoms with Crippen LogP contribution in [-0.4, -0.2) is 40.8 Å². The van der Waals surface area contributed by atoms with Gasteiger partial charge in [-0.15, -0.1) is 0 Å². The average molecular weight is 304 g/mol. The van der Waals surface area contributed by atoms with E-state index in [2.05, 4.69) is 0 Å². The van der Waals surface area contributed by atoms with E-state index in [4.69, 9.17) is 4.74 Å². The highest BCUT2D eigenvalue weighted by Crippen LogP contribution is 2.68. The molecule has 3 atom stereocenters. The predicted octanol–water partition coefficient (Wildman–Crippen LogP) is 1.06. The van der Waals surface area contributed by atoms with Crippen molar-refractivity contribution in [2.45, 2.75) is 32.8 Å². The first-order valence-electron chi connectivity index (χ1n) is 7.41. The maximum atomic E-state index is 12.7. The van der Waals surface area contributed by atoms with Gasteiger partial charge < -0.3 is 14.9 Å². The van der Waals surface area contributed by atoms with Crippen molar-refractivity contribution in [3.8, 4) is 0 Å². The van der Waals surface area contributed by atoms with Gasteiger partial charge in [0.25, 0.3) is 0 Å². The van der Waals surface area contributed by atoms with Gasteiger partial charge in [0.05, 0.1) is 13.2 Å². The van der Waals surface area contributed by atoms with E-state index in [0.717, 1.165) is 11.1 Å². The van der Waals surface area contributed by atoms with Crippen LogP contribution in [0, 0.1) is 11.3 Å². The van der Waals surface area contributed by atoms with E-state index in [0.29, 0.717) is 17.6 Å². The van der Waals surface area contributed by atoms with E-state index in [1.54, 1.807) is 19.1 Å². The molecule has 1 spiro atoms. The lowest BCUT2D eigenvalue weighted by atomic mass is 9.67. The van der Waals surface area contributed by atoms with E-state index >= 15 is 0 Å². The minimum atomic E-state index is -1.52. The summed E-state index contributed by atoms with van der Waals surface area (Å²) in [7, 11) is 0. The number of fused-ring (bicyclic) bond motifs is 1. The third kappa shape index (κ3) is 1.79. The van der Waals surface area contributed by atoms with Crippen molar-refractivity contribution in [2.24, 2.45) is 11.3 Å². The number of aliphatic hydroxyl groups excluding tert-OH is 1. The molecular formula is C17H20O5. The molecule has 0 saturated heterocycles. The zero-order chi connectivity index (χ0) is 16.3. The fourth-order valence-corrected chi connectivity index (χ4v) is 4.03. The molecule has 3 aliphatic carbocycles. The van der Waals surface area contributed by atoms with Crippen molar-refractivity contribution in [1.82, 2.24) is 0 Å². The number of aliphatic hydroxyl groups is 2. The molecule has 118 valence electrons. The number of hydrogen-bond donors (Lipinski definition) is 2. The van der Waals surface area contributed by atoms with Gasteiger partial charge in [-0.3, -0.25) is 9.59 Å². The van der Waals surface area contributed by atoms with Crippen molar-refractivity contribution in [3.63, 3.8) is 0 Å². The molecule has 0 aromatic carbocycles. The maximum Gasteiger partial charge on any atom is 0.302 e. The van der Waals surface area contributed by atoms with Crippen molar-refractivity contribution < 1.29 is 24.5 Å². The topological polar surface area (TPSA) is 83.8 Å². The quantitative estimate of drug-likeness (QED) is 0.762. The van der Waals surface area contributed by atoms with Gasteiger partial charge >= 0.3 is 5.97 Å². The van der Waals surface area contributed by atoms with Crippen molar-refractivity contribution in [1.29, 1.82) is 0 Å². The number of carbonyl (C=O) groups is 2. The van der Waals surface area contributed by atoms with Crippen molar-refractivity contribution in [2.75, 3.05) is 13.2 Å². The zero-order valence-electron chi connectivity index (χ0n) is 13.0. The monoisotopic (exact) mass is 304 g/mol. The van der Waals surface area contributed by atoms with Crippen LogP contribution in [0.3, 0.4) is 0 Å². The first-order valence-corrected chi connectivity index (χ1v) is 7.41. The highest BCUT2D eigenvalue weighted by atomic mass is 16.5. The zero-order valence-corrected chi connectivity index (χ0v) is 13.0. The second kappa shape index (κ2) is 4.64. The minimum absolute atomic E-state index is 0.0593. The average Bonchev–Trinajstić information content (AvgIpc) is 3.05. The minimum Gasteiger partial charge on any atom is -0.466 e. The second-order valence-electron chi connectivity index (χ2n) is 6.55. The summed E-state index contributed by atoms with van der Waals surface area (Å²) >= 11 is 0. The Bertz CT molecular complexity index is 665. The number of rotatable bonds is 3. The Kier molecular flexibility index (Phi) is 3.20. The molecule has 0 bridgehead atoms. The van der Waals surface area contributed by atoms with Gasteiger partial charge in [-0.05, 0) is 43.6 Å². The number of Topliss-reactive ketones (excluding diaryl/α,β-unsaturated/α-hetero) is 1. The Labute approximate surface area is 129 Å². The van der Waals surface area contributed by atoms with Crippen molar-refractivity contribution in [3.05, 3.63) is 34.4 Å². The SMILES string of the molecule is CC(=O)OC[C@@H]1C[C@]12C(C)=C1C=C(CO)C=C1C(=O)[C@]2(C)O. The first-order chi connectivity index (χ1) is 10.3. The molecule has 2 N–H and O–H groups in total. The highest BCUT2D eigenvalue weighted by molar-refractivity contribution is 6.10. The van der Waals surface area contributed by atoms with Gasteiger partial charge in [0, 0.05) is 23.8 Å². The number of allylic oxidation sites excluding steroid dienone is 2. The summed E-state index contributed by atoms with van der Waals surface area (Å²) in [6.07, 6.45) is 4.07. The molecular weight excluding hydrogens is 284 g/mol. The van der Waals surface area contributed by atoms with E-state index in [1.165, 1.54) is 6.92 Å². The summed E-state index contributed by atoms with van der Waals surface area (Å²) in [5, 5.41) is 20.2.